The number of amides is 1. The first-order chi connectivity index (χ1) is 12.7. The van der Waals surface area contributed by atoms with Crippen LogP contribution in [0.25, 0.3) is 11.0 Å². The maximum atomic E-state index is 12.5. The van der Waals surface area contributed by atoms with Gasteiger partial charge in [0.15, 0.2) is 5.82 Å². The minimum absolute atomic E-state index is 0.248. The topological polar surface area (TPSA) is 70.7 Å². The van der Waals surface area contributed by atoms with E-state index in [2.05, 4.69) is 20.3 Å². The number of imidazole rings is 1. The second-order valence-electron chi connectivity index (χ2n) is 6.24. The summed E-state index contributed by atoms with van der Waals surface area (Å²) in [5, 5.41) is 2.89. The number of para-hydroxylation sites is 1. The number of rotatable bonds is 4. The molecule has 0 aliphatic heterocycles. The summed E-state index contributed by atoms with van der Waals surface area (Å²) in [6.45, 7) is 1.98. The molecule has 5 nitrogen and oxygen atoms in total. The average Bonchev–Trinajstić information content (AvgIpc) is 3.10. The summed E-state index contributed by atoms with van der Waals surface area (Å²) >= 11 is 0. The largest absolute Gasteiger partial charge is 0.334 e. The second-order valence-corrected chi connectivity index (χ2v) is 6.24. The maximum Gasteiger partial charge on any atom is 0.291 e. The van der Waals surface area contributed by atoms with E-state index in [-0.39, 0.29) is 5.91 Å². The number of aromatic amines is 1. The van der Waals surface area contributed by atoms with E-state index in [0.29, 0.717) is 5.82 Å². The number of carbonyl (C=O) groups is 1. The van der Waals surface area contributed by atoms with Crippen molar-refractivity contribution in [3.8, 4) is 0 Å². The Labute approximate surface area is 151 Å². The molecule has 0 aliphatic rings. The number of nitrogens with zero attached hydrogens (tertiary/aromatic N) is 2. The fraction of sp³-hybridized carbons (Fsp3) is 0.0952. The van der Waals surface area contributed by atoms with Gasteiger partial charge in [0, 0.05) is 18.1 Å². The third kappa shape index (κ3) is 3.32. The highest BCUT2D eigenvalue weighted by Crippen LogP contribution is 2.17. The molecule has 128 valence electrons. The average molecular weight is 342 g/mol. The molecular weight excluding hydrogens is 324 g/mol. The number of aromatic nitrogens is 3. The summed E-state index contributed by atoms with van der Waals surface area (Å²) in [5.41, 5.74) is 5.85. The monoisotopic (exact) mass is 342 g/mol. The van der Waals surface area contributed by atoms with Gasteiger partial charge >= 0.3 is 0 Å². The first-order valence-electron chi connectivity index (χ1n) is 8.43. The van der Waals surface area contributed by atoms with E-state index in [4.69, 9.17) is 0 Å². The van der Waals surface area contributed by atoms with Crippen LogP contribution in [0.2, 0.25) is 0 Å². The Balaban J connectivity index is 1.47. The Morgan fingerprint density at radius 2 is 1.73 bits per heavy atom. The van der Waals surface area contributed by atoms with Gasteiger partial charge in [0.25, 0.3) is 5.91 Å². The van der Waals surface area contributed by atoms with Crippen LogP contribution in [-0.4, -0.2) is 20.9 Å². The maximum absolute atomic E-state index is 12.5. The molecule has 2 aromatic heterocycles. The molecule has 4 rings (SSSR count). The highest BCUT2D eigenvalue weighted by atomic mass is 16.2. The van der Waals surface area contributed by atoms with Crippen LogP contribution in [0.4, 0.5) is 5.69 Å². The first-order valence-corrected chi connectivity index (χ1v) is 8.43. The number of H-pyrrole nitrogens is 1. The Morgan fingerprint density at radius 3 is 2.46 bits per heavy atom. The molecule has 2 N–H and O–H groups in total. The summed E-state index contributed by atoms with van der Waals surface area (Å²) in [4.78, 5) is 24.0. The summed E-state index contributed by atoms with van der Waals surface area (Å²) in [5.74, 6) is 0.0673. The quantitative estimate of drug-likeness (QED) is 0.586. The predicted molar refractivity (Wildman–Crippen MR) is 102 cm³/mol. The molecule has 4 aromatic rings. The fourth-order valence-electron chi connectivity index (χ4n) is 2.92. The van der Waals surface area contributed by atoms with Gasteiger partial charge in [0.05, 0.1) is 11.0 Å². The number of nitrogens with one attached hydrogen (secondary N) is 2. The highest BCUT2D eigenvalue weighted by Gasteiger charge is 2.12. The van der Waals surface area contributed by atoms with Crippen LogP contribution in [0, 0.1) is 6.92 Å². The van der Waals surface area contributed by atoms with Crippen molar-refractivity contribution in [1.82, 2.24) is 15.0 Å². The molecule has 0 saturated carbocycles. The van der Waals surface area contributed by atoms with Gasteiger partial charge in [-0.15, -0.1) is 0 Å². The lowest BCUT2D eigenvalue weighted by Crippen LogP contribution is -2.13. The van der Waals surface area contributed by atoms with Crippen LogP contribution in [0.5, 0.6) is 0 Å². The van der Waals surface area contributed by atoms with Crippen molar-refractivity contribution in [1.29, 1.82) is 0 Å². The van der Waals surface area contributed by atoms with Gasteiger partial charge in [-0.25, -0.2) is 4.98 Å². The molecule has 0 atom stereocenters. The predicted octanol–water partition coefficient (Wildman–Crippen LogP) is 4.11. The van der Waals surface area contributed by atoms with Gasteiger partial charge in [-0.2, -0.15) is 0 Å². The van der Waals surface area contributed by atoms with Gasteiger partial charge in [-0.05, 0) is 60.4 Å². The van der Waals surface area contributed by atoms with E-state index in [1.54, 1.807) is 12.4 Å². The molecule has 26 heavy (non-hydrogen) atoms. The smallest absolute Gasteiger partial charge is 0.291 e. The molecule has 2 heterocycles. The third-order valence-corrected chi connectivity index (χ3v) is 4.30. The van der Waals surface area contributed by atoms with Crippen LogP contribution in [-0.2, 0) is 6.42 Å². The van der Waals surface area contributed by atoms with E-state index in [9.17, 15) is 4.79 Å². The summed E-state index contributed by atoms with van der Waals surface area (Å²) < 4.78 is 0. The van der Waals surface area contributed by atoms with Crippen LogP contribution in [0.3, 0.4) is 0 Å². The number of carbonyl (C=O) groups excluding carboxylic acids is 1. The van der Waals surface area contributed by atoms with Gasteiger partial charge in [0.1, 0.15) is 0 Å². The number of anilines is 1. The molecule has 0 aliphatic carbocycles. The van der Waals surface area contributed by atoms with Gasteiger partial charge in [-0.1, -0.05) is 24.3 Å². The molecule has 0 saturated heterocycles. The molecule has 1 amide bonds. The SMILES string of the molecule is Cc1cccc2[nH]c(C(=O)Nc3ccc(Cc4ccncc4)cc3)nc12. The van der Waals surface area contributed by atoms with Crippen LogP contribution in [0.15, 0.2) is 67.0 Å². The minimum Gasteiger partial charge on any atom is -0.334 e. The Kier molecular flexibility index (Phi) is 4.19. The Morgan fingerprint density at radius 1 is 1.00 bits per heavy atom. The van der Waals surface area contributed by atoms with Crippen molar-refractivity contribution in [2.24, 2.45) is 0 Å². The van der Waals surface area contributed by atoms with Crippen molar-refractivity contribution < 1.29 is 4.79 Å². The fourth-order valence-corrected chi connectivity index (χ4v) is 2.92. The lowest BCUT2D eigenvalue weighted by molar-refractivity contribution is 0.101. The second kappa shape index (κ2) is 6.80. The zero-order valence-electron chi connectivity index (χ0n) is 14.4. The van der Waals surface area contributed by atoms with Crippen molar-refractivity contribution in [2.45, 2.75) is 13.3 Å². The summed E-state index contributed by atoms with van der Waals surface area (Å²) in [6, 6.07) is 17.7. The minimum atomic E-state index is -0.248. The lowest BCUT2D eigenvalue weighted by Gasteiger charge is -2.05. The van der Waals surface area contributed by atoms with E-state index in [0.717, 1.165) is 28.7 Å². The molecule has 2 aromatic carbocycles. The van der Waals surface area contributed by atoms with Gasteiger partial charge in [0.2, 0.25) is 0 Å². The number of hydrogen-bond donors (Lipinski definition) is 2. The van der Waals surface area contributed by atoms with Crippen molar-refractivity contribution in [3.05, 3.63) is 89.5 Å². The van der Waals surface area contributed by atoms with E-state index in [1.165, 1.54) is 11.1 Å². The zero-order valence-corrected chi connectivity index (χ0v) is 14.4. The van der Waals surface area contributed by atoms with E-state index >= 15 is 0 Å². The van der Waals surface area contributed by atoms with Crippen molar-refractivity contribution >= 4 is 22.6 Å². The molecule has 0 unspecified atom stereocenters. The zero-order chi connectivity index (χ0) is 17.9. The Bertz CT molecular complexity index is 1050. The summed E-state index contributed by atoms with van der Waals surface area (Å²) in [7, 11) is 0. The standard InChI is InChI=1S/C21H18N4O/c1-14-3-2-4-18-19(14)25-20(24-18)21(26)23-17-7-5-15(6-8-17)13-16-9-11-22-12-10-16/h2-12H,13H2,1H3,(H,23,26)(H,24,25). The van der Waals surface area contributed by atoms with E-state index < -0.39 is 0 Å². The first kappa shape index (κ1) is 16.0. The molecule has 0 fully saturated rings. The number of pyridine rings is 1. The molecule has 5 heteroatoms. The summed E-state index contributed by atoms with van der Waals surface area (Å²) in [6.07, 6.45) is 4.41. The van der Waals surface area contributed by atoms with Crippen LogP contribution < -0.4 is 5.32 Å². The van der Waals surface area contributed by atoms with Gasteiger partial charge < -0.3 is 10.3 Å². The van der Waals surface area contributed by atoms with E-state index in [1.807, 2.05) is 61.5 Å². The number of benzene rings is 2. The number of fused-ring (bicyclic) bond motifs is 1. The number of hydrogen-bond acceptors (Lipinski definition) is 3. The van der Waals surface area contributed by atoms with Crippen LogP contribution in [0.1, 0.15) is 27.3 Å². The molecular formula is C21H18N4O. The van der Waals surface area contributed by atoms with Crippen LogP contribution >= 0.6 is 0 Å². The lowest BCUT2D eigenvalue weighted by atomic mass is 10.1. The van der Waals surface area contributed by atoms with Gasteiger partial charge in [-0.3, -0.25) is 9.78 Å². The Hall–Kier alpha value is -3.47. The van der Waals surface area contributed by atoms with Crippen molar-refractivity contribution in [2.75, 3.05) is 5.32 Å². The third-order valence-electron chi connectivity index (χ3n) is 4.30. The number of aryl methyl sites for hydroxylation is 1. The molecule has 0 radical (unpaired) electrons. The van der Waals surface area contributed by atoms with Crippen molar-refractivity contribution in [3.63, 3.8) is 0 Å². The molecule has 0 bridgehead atoms. The normalized spacial score (nSPS) is 10.8. The highest BCUT2D eigenvalue weighted by molar-refractivity contribution is 6.03. The molecule has 0 spiro atoms.